The fourth-order valence-electron chi connectivity index (χ4n) is 4.76. The van der Waals surface area contributed by atoms with Crippen LogP contribution in [0.5, 0.6) is 0 Å². The van der Waals surface area contributed by atoms with Gasteiger partial charge in [0, 0.05) is 12.6 Å². The zero-order valence-corrected chi connectivity index (χ0v) is 27.1. The number of benzene rings is 1. The molecule has 228 valence electrons. The van der Waals surface area contributed by atoms with E-state index in [-0.39, 0.29) is 23.8 Å². The monoisotopic (exact) mass is 559 g/mol. The Hall–Kier alpha value is -2.57. The van der Waals surface area contributed by atoms with Crippen molar-refractivity contribution in [2.24, 2.45) is 11.8 Å². The van der Waals surface area contributed by atoms with Crippen molar-refractivity contribution in [3.05, 3.63) is 34.9 Å². The van der Waals surface area contributed by atoms with E-state index >= 15 is 0 Å². The van der Waals surface area contributed by atoms with E-state index < -0.39 is 23.8 Å². The fraction of sp³-hybridized carbons (Fsp3) is 0.727. The van der Waals surface area contributed by atoms with Crippen molar-refractivity contribution in [3.8, 4) is 0 Å². The largest absolute Gasteiger partial charge is 0.444 e. The lowest BCUT2D eigenvalue weighted by molar-refractivity contribution is -0.146. The molecule has 3 amide bonds. The molecule has 0 saturated carbocycles. The molecule has 1 rings (SSSR count). The molecule has 0 heterocycles. The van der Waals surface area contributed by atoms with Crippen LogP contribution in [-0.2, 0) is 14.3 Å². The van der Waals surface area contributed by atoms with Crippen LogP contribution in [0.4, 0.5) is 4.79 Å². The Balaban J connectivity index is 3.68. The second-order valence-electron chi connectivity index (χ2n) is 12.8. The first-order chi connectivity index (χ1) is 18.6. The summed E-state index contributed by atoms with van der Waals surface area (Å²) < 4.78 is 5.54. The number of hydrogen-bond donors (Lipinski definition) is 2. The van der Waals surface area contributed by atoms with E-state index in [1.54, 1.807) is 25.7 Å². The molecule has 0 aliphatic carbocycles. The predicted octanol–water partition coefficient (Wildman–Crippen LogP) is 7.24. The van der Waals surface area contributed by atoms with Crippen LogP contribution in [0.15, 0.2) is 18.2 Å². The number of carbonyl (C=O) groups is 3. The van der Waals surface area contributed by atoms with Crippen LogP contribution < -0.4 is 10.6 Å². The molecule has 0 aliphatic heterocycles. The summed E-state index contributed by atoms with van der Waals surface area (Å²) in [7, 11) is 0. The summed E-state index contributed by atoms with van der Waals surface area (Å²) in [5.41, 5.74) is 2.17. The average Bonchev–Trinajstić information content (AvgIpc) is 2.86. The van der Waals surface area contributed by atoms with Crippen molar-refractivity contribution >= 4 is 17.9 Å². The molecule has 0 aliphatic rings. The van der Waals surface area contributed by atoms with Gasteiger partial charge in [-0.3, -0.25) is 9.59 Å². The van der Waals surface area contributed by atoms with Crippen molar-refractivity contribution in [1.29, 1.82) is 0 Å². The van der Waals surface area contributed by atoms with Gasteiger partial charge in [0.15, 0.2) is 0 Å². The third-order valence-electron chi connectivity index (χ3n) is 7.59. The smallest absolute Gasteiger partial charge is 0.408 e. The number of ether oxygens (including phenoxy) is 1. The number of rotatable bonds is 15. The van der Waals surface area contributed by atoms with Crippen molar-refractivity contribution < 1.29 is 19.1 Å². The molecule has 1 aromatic carbocycles. The number of hydrogen-bond acceptors (Lipinski definition) is 4. The van der Waals surface area contributed by atoms with Crippen molar-refractivity contribution in [2.45, 2.75) is 138 Å². The first kappa shape index (κ1) is 35.5. The Morgan fingerprint density at radius 1 is 0.975 bits per heavy atom. The van der Waals surface area contributed by atoms with Crippen LogP contribution in [0.25, 0.3) is 0 Å². The highest BCUT2D eigenvalue weighted by atomic mass is 16.6. The lowest BCUT2D eigenvalue weighted by atomic mass is 9.91. The maximum Gasteiger partial charge on any atom is 0.408 e. The summed E-state index contributed by atoms with van der Waals surface area (Å²) in [5.74, 6) is -0.154. The number of nitrogens with zero attached hydrogens (tertiary/aromatic N) is 1. The molecule has 0 saturated heterocycles. The van der Waals surface area contributed by atoms with E-state index in [1.807, 2.05) is 52.8 Å². The quantitative estimate of drug-likeness (QED) is 0.222. The van der Waals surface area contributed by atoms with Gasteiger partial charge in [-0.25, -0.2) is 4.79 Å². The zero-order chi connectivity index (χ0) is 30.6. The second-order valence-corrected chi connectivity index (χ2v) is 12.8. The summed E-state index contributed by atoms with van der Waals surface area (Å²) in [6.45, 7) is 22.4. The molecule has 7 heteroatoms. The van der Waals surface area contributed by atoms with Gasteiger partial charge in [0.25, 0.3) is 0 Å². The molecule has 1 aromatic rings. The van der Waals surface area contributed by atoms with Crippen molar-refractivity contribution in [3.63, 3.8) is 0 Å². The summed E-state index contributed by atoms with van der Waals surface area (Å²) in [6, 6.07) is 4.04. The van der Waals surface area contributed by atoms with Gasteiger partial charge < -0.3 is 20.3 Å². The molecular weight excluding hydrogens is 502 g/mol. The number of carbonyl (C=O) groups excluding carboxylic acids is 3. The molecule has 40 heavy (non-hydrogen) atoms. The highest BCUT2D eigenvalue weighted by molar-refractivity contribution is 5.92. The van der Waals surface area contributed by atoms with Crippen LogP contribution in [0, 0.1) is 25.7 Å². The Bertz CT molecular complexity index is 954. The molecule has 0 spiro atoms. The fourth-order valence-corrected chi connectivity index (χ4v) is 4.76. The molecule has 0 aromatic heterocycles. The van der Waals surface area contributed by atoms with Crippen molar-refractivity contribution in [1.82, 2.24) is 15.5 Å². The third-order valence-corrected chi connectivity index (χ3v) is 7.59. The maximum absolute atomic E-state index is 14.6. The molecule has 4 atom stereocenters. The molecule has 4 unspecified atom stereocenters. The van der Waals surface area contributed by atoms with Crippen molar-refractivity contribution in [2.75, 3.05) is 6.54 Å². The first-order valence-corrected chi connectivity index (χ1v) is 15.3. The molecule has 7 nitrogen and oxygen atoms in total. The number of aryl methyl sites for hydroxylation is 1. The van der Waals surface area contributed by atoms with Crippen LogP contribution in [0.1, 0.15) is 124 Å². The highest BCUT2D eigenvalue weighted by Gasteiger charge is 2.40. The maximum atomic E-state index is 14.6. The van der Waals surface area contributed by atoms with Crippen LogP contribution in [0.2, 0.25) is 0 Å². The molecule has 0 radical (unpaired) electrons. The van der Waals surface area contributed by atoms with Crippen LogP contribution in [0.3, 0.4) is 0 Å². The molecule has 2 N–H and O–H groups in total. The van der Waals surface area contributed by atoms with E-state index in [9.17, 15) is 14.4 Å². The van der Waals surface area contributed by atoms with E-state index in [4.69, 9.17) is 4.74 Å². The second kappa shape index (κ2) is 16.6. The number of amides is 3. The lowest BCUT2D eigenvalue weighted by Crippen LogP contribution is -2.57. The topological polar surface area (TPSA) is 87.7 Å². The Kier molecular flexibility index (Phi) is 14.7. The van der Waals surface area contributed by atoms with E-state index in [0.717, 1.165) is 48.8 Å². The van der Waals surface area contributed by atoms with E-state index in [2.05, 4.69) is 31.4 Å². The standard InChI is InChI=1S/C33H57N3O4/c1-12-14-15-21-34-30(37)29(27-18-16-17-24(6)26(27)8)36(25(7)20-19-22(3)4)31(38)28(23(5)13-2)35-32(39)40-33(9,10)11/h16-18,22-23,25,28-29H,12-15,19-21H2,1-11H3,(H,34,37)(H,35,39). The van der Waals surface area contributed by atoms with E-state index in [0.29, 0.717) is 18.9 Å². The first-order valence-electron chi connectivity index (χ1n) is 15.3. The highest BCUT2D eigenvalue weighted by Crippen LogP contribution is 2.31. The minimum Gasteiger partial charge on any atom is -0.444 e. The van der Waals surface area contributed by atoms with Gasteiger partial charge in [-0.05, 0) is 89.3 Å². The normalized spacial score (nSPS) is 14.7. The summed E-state index contributed by atoms with van der Waals surface area (Å²) in [4.78, 5) is 43.2. The Labute approximate surface area is 244 Å². The van der Waals surface area contributed by atoms with Gasteiger partial charge in [0.2, 0.25) is 11.8 Å². The molecule has 0 bridgehead atoms. The average molecular weight is 560 g/mol. The third kappa shape index (κ3) is 11.1. The van der Waals surface area contributed by atoms with E-state index in [1.165, 1.54) is 0 Å². The lowest BCUT2D eigenvalue weighted by Gasteiger charge is -2.40. The van der Waals surface area contributed by atoms with Crippen LogP contribution >= 0.6 is 0 Å². The van der Waals surface area contributed by atoms with Crippen LogP contribution in [-0.4, -0.2) is 47.0 Å². The summed E-state index contributed by atoms with van der Waals surface area (Å²) >= 11 is 0. The van der Waals surface area contributed by atoms with Gasteiger partial charge >= 0.3 is 6.09 Å². The Morgan fingerprint density at radius 3 is 2.17 bits per heavy atom. The van der Waals surface area contributed by atoms with Gasteiger partial charge in [-0.1, -0.05) is 72.1 Å². The Morgan fingerprint density at radius 2 is 1.62 bits per heavy atom. The summed E-state index contributed by atoms with van der Waals surface area (Å²) in [5, 5.41) is 6.00. The molecular formula is C33H57N3O4. The number of unbranched alkanes of at least 4 members (excludes halogenated alkanes) is 2. The van der Waals surface area contributed by atoms with Gasteiger partial charge in [-0.2, -0.15) is 0 Å². The van der Waals surface area contributed by atoms with Gasteiger partial charge in [0.1, 0.15) is 17.7 Å². The number of alkyl carbamates (subject to hydrolysis) is 1. The molecule has 0 fully saturated rings. The number of nitrogens with one attached hydrogen (secondary N) is 2. The zero-order valence-electron chi connectivity index (χ0n) is 27.1. The minimum absolute atomic E-state index is 0.160. The van der Waals surface area contributed by atoms with Gasteiger partial charge in [-0.15, -0.1) is 0 Å². The van der Waals surface area contributed by atoms with Gasteiger partial charge in [0.05, 0.1) is 0 Å². The summed E-state index contributed by atoms with van der Waals surface area (Å²) in [6.07, 6.45) is 4.67. The minimum atomic E-state index is -0.832. The SMILES string of the molecule is CCCCCNC(=O)C(c1cccc(C)c1C)N(C(=O)C(NC(=O)OC(C)(C)C)C(C)CC)C(C)CCC(C)C. The predicted molar refractivity (Wildman–Crippen MR) is 164 cm³/mol.